The molecule has 7 heteroatoms. The third kappa shape index (κ3) is 3.55. The maximum Gasteiger partial charge on any atom is 0.254 e. The van der Waals surface area contributed by atoms with Crippen LogP contribution >= 0.6 is 0 Å². The van der Waals surface area contributed by atoms with Gasteiger partial charge in [0.2, 0.25) is 10.0 Å². The van der Waals surface area contributed by atoms with Crippen molar-refractivity contribution in [3.63, 3.8) is 0 Å². The zero-order chi connectivity index (χ0) is 15.5. The number of rotatable bonds is 5. The first kappa shape index (κ1) is 16.6. The number of nitrogens with zero attached hydrogens (tertiary/aromatic N) is 1. The fraction of sp³-hybridized carbons (Fsp3) is 0.462. The van der Waals surface area contributed by atoms with Crippen molar-refractivity contribution in [2.45, 2.75) is 31.2 Å². The van der Waals surface area contributed by atoms with Gasteiger partial charge in [0.15, 0.2) is 0 Å². The Morgan fingerprint density at radius 2 is 2.00 bits per heavy atom. The smallest absolute Gasteiger partial charge is 0.254 e. The van der Waals surface area contributed by atoms with E-state index in [2.05, 4.69) is 5.32 Å². The molecule has 0 aliphatic rings. The quantitative estimate of drug-likeness (QED) is 0.898. The van der Waals surface area contributed by atoms with E-state index in [4.69, 9.17) is 0 Å². The van der Waals surface area contributed by atoms with E-state index in [0.29, 0.717) is 6.42 Å². The monoisotopic (exact) mass is 302 g/mol. The van der Waals surface area contributed by atoms with Crippen LogP contribution in [-0.2, 0) is 10.0 Å². The Morgan fingerprint density at radius 3 is 2.50 bits per heavy atom. The number of amides is 1. The number of carbonyl (C=O) groups is 1. The Bertz CT molecular complexity index is 600. The summed E-state index contributed by atoms with van der Waals surface area (Å²) in [6, 6.07) is 3.07. The lowest BCUT2D eigenvalue weighted by Gasteiger charge is -2.14. The van der Waals surface area contributed by atoms with Gasteiger partial charge in [0.05, 0.1) is 10.5 Å². The maximum absolute atomic E-state index is 13.7. The van der Waals surface area contributed by atoms with Gasteiger partial charge in [0, 0.05) is 20.1 Å². The summed E-state index contributed by atoms with van der Waals surface area (Å²) >= 11 is 0. The summed E-state index contributed by atoms with van der Waals surface area (Å²) in [6.45, 7) is 3.67. The van der Waals surface area contributed by atoms with Crippen LogP contribution in [0.5, 0.6) is 0 Å². The summed E-state index contributed by atoms with van der Waals surface area (Å²) in [5.41, 5.74) is -0.270. The highest BCUT2D eigenvalue weighted by atomic mass is 32.2. The second-order valence-corrected chi connectivity index (χ2v) is 6.86. The van der Waals surface area contributed by atoms with Gasteiger partial charge in [-0.1, -0.05) is 6.92 Å². The van der Waals surface area contributed by atoms with Gasteiger partial charge in [-0.05, 0) is 31.5 Å². The molecule has 1 rings (SSSR count). The van der Waals surface area contributed by atoms with Crippen molar-refractivity contribution in [2.24, 2.45) is 0 Å². The van der Waals surface area contributed by atoms with Gasteiger partial charge in [-0.2, -0.15) is 0 Å². The fourth-order valence-corrected chi connectivity index (χ4v) is 2.38. The predicted molar refractivity (Wildman–Crippen MR) is 74.5 cm³/mol. The molecule has 0 radical (unpaired) electrons. The van der Waals surface area contributed by atoms with Crippen molar-refractivity contribution in [2.75, 3.05) is 14.1 Å². The molecule has 0 saturated heterocycles. The van der Waals surface area contributed by atoms with Crippen molar-refractivity contribution in [3.8, 4) is 0 Å². The van der Waals surface area contributed by atoms with E-state index < -0.39 is 21.7 Å². The minimum atomic E-state index is -3.70. The van der Waals surface area contributed by atoms with Crippen LogP contribution in [0.1, 0.15) is 30.6 Å². The van der Waals surface area contributed by atoms with E-state index in [1.165, 1.54) is 14.1 Å². The predicted octanol–water partition coefficient (Wildman–Crippen LogP) is 1.60. The van der Waals surface area contributed by atoms with Crippen molar-refractivity contribution < 1.29 is 17.6 Å². The molecule has 1 aromatic carbocycles. The molecule has 1 aromatic rings. The second kappa shape index (κ2) is 6.32. The average molecular weight is 302 g/mol. The number of carbonyl (C=O) groups excluding carboxylic acids is 1. The summed E-state index contributed by atoms with van der Waals surface area (Å²) in [5, 5.41) is 2.61. The average Bonchev–Trinajstić information content (AvgIpc) is 2.38. The molecule has 1 unspecified atom stereocenters. The summed E-state index contributed by atoms with van der Waals surface area (Å²) in [4.78, 5) is 11.8. The van der Waals surface area contributed by atoms with E-state index >= 15 is 0 Å². The van der Waals surface area contributed by atoms with E-state index in [-0.39, 0.29) is 16.5 Å². The van der Waals surface area contributed by atoms with Gasteiger partial charge in [-0.15, -0.1) is 0 Å². The second-order valence-electron chi connectivity index (χ2n) is 4.71. The number of hydrogen-bond donors (Lipinski definition) is 1. The molecule has 0 heterocycles. The lowest BCUT2D eigenvalue weighted by atomic mass is 10.1. The highest BCUT2D eigenvalue weighted by Gasteiger charge is 2.21. The highest BCUT2D eigenvalue weighted by Crippen LogP contribution is 2.17. The molecule has 5 nitrogen and oxygen atoms in total. The standard InChI is InChI=1S/C13H19FN2O3S/c1-5-9(2)15-13(17)11-8-10(6-7-12(11)14)20(18,19)16(3)4/h6-9H,5H2,1-4H3,(H,15,17). The lowest BCUT2D eigenvalue weighted by molar-refractivity contribution is 0.0935. The molecule has 1 atom stereocenters. The summed E-state index contributed by atoms with van der Waals surface area (Å²) in [5.74, 6) is -1.36. The van der Waals surface area contributed by atoms with Gasteiger partial charge in [0.1, 0.15) is 5.82 Å². The Kier molecular flexibility index (Phi) is 5.24. The Morgan fingerprint density at radius 1 is 1.40 bits per heavy atom. The third-order valence-electron chi connectivity index (χ3n) is 2.95. The zero-order valence-corrected chi connectivity index (χ0v) is 12.8. The van der Waals surface area contributed by atoms with Crippen LogP contribution in [-0.4, -0.2) is 38.8 Å². The highest BCUT2D eigenvalue weighted by molar-refractivity contribution is 7.89. The van der Waals surface area contributed by atoms with Crippen LogP contribution in [0.2, 0.25) is 0 Å². The fourth-order valence-electron chi connectivity index (χ4n) is 1.45. The van der Waals surface area contributed by atoms with Crippen LogP contribution in [0, 0.1) is 5.82 Å². The number of nitrogens with one attached hydrogen (secondary N) is 1. The first-order valence-electron chi connectivity index (χ1n) is 6.23. The van der Waals surface area contributed by atoms with E-state index in [1.807, 2.05) is 6.92 Å². The molecule has 0 aliphatic heterocycles. The van der Waals surface area contributed by atoms with Crippen LogP contribution in [0.4, 0.5) is 4.39 Å². The van der Waals surface area contributed by atoms with Crippen molar-refractivity contribution >= 4 is 15.9 Å². The first-order valence-corrected chi connectivity index (χ1v) is 7.67. The molecule has 0 aromatic heterocycles. The molecular weight excluding hydrogens is 283 g/mol. The molecule has 20 heavy (non-hydrogen) atoms. The lowest BCUT2D eigenvalue weighted by Crippen LogP contribution is -2.32. The van der Waals surface area contributed by atoms with Gasteiger partial charge in [0.25, 0.3) is 5.91 Å². The number of benzene rings is 1. The van der Waals surface area contributed by atoms with E-state index in [1.54, 1.807) is 6.92 Å². The molecule has 0 spiro atoms. The molecule has 0 bridgehead atoms. The topological polar surface area (TPSA) is 66.5 Å². The van der Waals surface area contributed by atoms with Crippen molar-refractivity contribution in [1.82, 2.24) is 9.62 Å². The molecule has 0 saturated carbocycles. The van der Waals surface area contributed by atoms with Crippen LogP contribution in [0.25, 0.3) is 0 Å². The Hall–Kier alpha value is -1.47. The van der Waals surface area contributed by atoms with E-state index in [9.17, 15) is 17.6 Å². The number of sulfonamides is 1. The van der Waals surface area contributed by atoms with Gasteiger partial charge in [-0.25, -0.2) is 17.1 Å². The van der Waals surface area contributed by atoms with Gasteiger partial charge in [-0.3, -0.25) is 4.79 Å². The first-order chi connectivity index (χ1) is 9.20. The molecule has 0 aliphatic carbocycles. The van der Waals surface area contributed by atoms with Crippen molar-refractivity contribution in [1.29, 1.82) is 0 Å². The summed E-state index contributed by atoms with van der Waals surface area (Å²) in [7, 11) is -0.952. The minimum Gasteiger partial charge on any atom is -0.350 e. The maximum atomic E-state index is 13.7. The molecular formula is C13H19FN2O3S. The Labute approximate surface area is 118 Å². The molecule has 112 valence electrons. The molecule has 1 N–H and O–H groups in total. The van der Waals surface area contributed by atoms with E-state index in [0.717, 1.165) is 22.5 Å². The minimum absolute atomic E-state index is 0.113. The largest absolute Gasteiger partial charge is 0.350 e. The summed E-state index contributed by atoms with van der Waals surface area (Å²) < 4.78 is 38.6. The number of hydrogen-bond acceptors (Lipinski definition) is 3. The Balaban J connectivity index is 3.20. The molecule has 1 amide bonds. The number of halogens is 1. The zero-order valence-electron chi connectivity index (χ0n) is 12.0. The van der Waals surface area contributed by atoms with Crippen molar-refractivity contribution in [3.05, 3.63) is 29.6 Å². The third-order valence-corrected chi connectivity index (χ3v) is 4.76. The van der Waals surface area contributed by atoms with Crippen LogP contribution in [0.15, 0.2) is 23.1 Å². The SMILES string of the molecule is CCC(C)NC(=O)c1cc(S(=O)(=O)N(C)C)ccc1F. The normalized spacial score (nSPS) is 13.3. The van der Waals surface area contributed by atoms with Gasteiger partial charge >= 0.3 is 0 Å². The van der Waals surface area contributed by atoms with Gasteiger partial charge < -0.3 is 5.32 Å². The molecule has 0 fully saturated rings. The van der Waals surface area contributed by atoms with Crippen LogP contribution < -0.4 is 5.32 Å². The summed E-state index contributed by atoms with van der Waals surface area (Å²) in [6.07, 6.45) is 0.697. The van der Waals surface area contributed by atoms with Crippen LogP contribution in [0.3, 0.4) is 0 Å².